The van der Waals surface area contributed by atoms with Gasteiger partial charge in [0.1, 0.15) is 5.75 Å². The van der Waals surface area contributed by atoms with Gasteiger partial charge in [-0.25, -0.2) is 0 Å². The highest BCUT2D eigenvalue weighted by molar-refractivity contribution is 5.79. The van der Waals surface area contributed by atoms with Gasteiger partial charge in [0, 0.05) is 38.3 Å². The number of rotatable bonds is 9. The van der Waals surface area contributed by atoms with E-state index in [-0.39, 0.29) is 0 Å². The summed E-state index contributed by atoms with van der Waals surface area (Å²) >= 11 is 0. The van der Waals surface area contributed by atoms with Crippen LogP contribution in [0.2, 0.25) is 0 Å². The summed E-state index contributed by atoms with van der Waals surface area (Å²) in [5, 5.41) is 6.72. The first-order chi connectivity index (χ1) is 15.7. The Bertz CT molecular complexity index is 878. The van der Waals surface area contributed by atoms with E-state index in [1.165, 1.54) is 43.5 Å². The van der Waals surface area contributed by atoms with Crippen LogP contribution in [0.15, 0.2) is 41.4 Å². The van der Waals surface area contributed by atoms with Gasteiger partial charge in [0.25, 0.3) is 0 Å². The van der Waals surface area contributed by atoms with E-state index < -0.39 is 0 Å². The first-order valence-corrected chi connectivity index (χ1v) is 11.2. The standard InChI is InChI=1S/C25H36N4O3/c1-26-25(28-17-21-14-23(31-3)24(32-4)15-22(21)30-2)27-16-19-8-10-20(11-9-19)18-29-12-6-5-7-13-29/h8-11,14-15H,5-7,12-13,16-18H2,1-4H3,(H2,26,27,28). The summed E-state index contributed by atoms with van der Waals surface area (Å²) in [5.41, 5.74) is 3.55. The molecule has 0 bridgehead atoms. The topological polar surface area (TPSA) is 67.4 Å². The summed E-state index contributed by atoms with van der Waals surface area (Å²) in [6.07, 6.45) is 4.02. The lowest BCUT2D eigenvalue weighted by molar-refractivity contribution is 0.221. The van der Waals surface area contributed by atoms with Crippen LogP contribution in [-0.2, 0) is 19.6 Å². The maximum atomic E-state index is 5.51. The Labute approximate surface area is 191 Å². The maximum absolute atomic E-state index is 5.51. The van der Waals surface area contributed by atoms with Gasteiger partial charge in [-0.1, -0.05) is 30.7 Å². The number of hydrogen-bond acceptors (Lipinski definition) is 5. The van der Waals surface area contributed by atoms with Crippen molar-refractivity contribution in [3.63, 3.8) is 0 Å². The molecule has 0 radical (unpaired) electrons. The molecule has 0 aliphatic carbocycles. The number of methoxy groups -OCH3 is 3. The van der Waals surface area contributed by atoms with Crippen molar-refractivity contribution in [2.24, 2.45) is 4.99 Å². The SMILES string of the molecule is CN=C(NCc1ccc(CN2CCCCC2)cc1)NCc1cc(OC)c(OC)cc1OC. The van der Waals surface area contributed by atoms with Crippen molar-refractivity contribution in [1.82, 2.24) is 15.5 Å². The molecular formula is C25H36N4O3. The molecule has 0 saturated carbocycles. The minimum atomic E-state index is 0.540. The summed E-state index contributed by atoms with van der Waals surface area (Å²) in [6, 6.07) is 12.6. The van der Waals surface area contributed by atoms with Crippen molar-refractivity contribution < 1.29 is 14.2 Å². The molecule has 7 heteroatoms. The lowest BCUT2D eigenvalue weighted by Crippen LogP contribution is -2.36. The summed E-state index contributed by atoms with van der Waals surface area (Å²) < 4.78 is 16.3. The molecule has 32 heavy (non-hydrogen) atoms. The molecule has 2 aromatic carbocycles. The molecule has 3 rings (SSSR count). The predicted molar refractivity (Wildman–Crippen MR) is 129 cm³/mol. The molecule has 0 spiro atoms. The number of nitrogens with one attached hydrogen (secondary N) is 2. The van der Waals surface area contributed by atoms with Crippen LogP contribution in [0.1, 0.15) is 36.0 Å². The fourth-order valence-electron chi connectivity index (χ4n) is 3.95. The summed E-state index contributed by atoms with van der Waals surface area (Å²) in [5.74, 6) is 2.76. The van der Waals surface area contributed by atoms with Gasteiger partial charge in [0.15, 0.2) is 17.5 Å². The highest BCUT2D eigenvalue weighted by atomic mass is 16.5. The van der Waals surface area contributed by atoms with Crippen molar-refractivity contribution in [2.75, 3.05) is 41.5 Å². The molecule has 1 aliphatic heterocycles. The smallest absolute Gasteiger partial charge is 0.191 e. The van der Waals surface area contributed by atoms with Gasteiger partial charge in [-0.15, -0.1) is 0 Å². The molecule has 174 valence electrons. The van der Waals surface area contributed by atoms with Crippen LogP contribution >= 0.6 is 0 Å². The number of aliphatic imine (C=N–C) groups is 1. The summed E-state index contributed by atoms with van der Waals surface area (Å²) in [6.45, 7) is 4.72. The van der Waals surface area contributed by atoms with Crippen molar-refractivity contribution in [3.8, 4) is 17.2 Å². The first-order valence-electron chi connectivity index (χ1n) is 11.2. The largest absolute Gasteiger partial charge is 0.496 e. The zero-order chi connectivity index (χ0) is 22.8. The number of likely N-dealkylation sites (tertiary alicyclic amines) is 1. The van der Waals surface area contributed by atoms with Crippen LogP contribution < -0.4 is 24.8 Å². The monoisotopic (exact) mass is 440 g/mol. The third-order valence-corrected chi connectivity index (χ3v) is 5.79. The fraction of sp³-hybridized carbons (Fsp3) is 0.480. The van der Waals surface area contributed by atoms with Crippen LogP contribution in [0.5, 0.6) is 17.2 Å². The molecule has 1 saturated heterocycles. The van der Waals surface area contributed by atoms with Crippen LogP contribution in [0.25, 0.3) is 0 Å². The van der Waals surface area contributed by atoms with Gasteiger partial charge in [-0.2, -0.15) is 0 Å². The Hall–Kier alpha value is -2.93. The Morgan fingerprint density at radius 3 is 2.03 bits per heavy atom. The Morgan fingerprint density at radius 1 is 0.812 bits per heavy atom. The van der Waals surface area contributed by atoms with E-state index in [0.717, 1.165) is 23.8 Å². The van der Waals surface area contributed by atoms with Gasteiger partial charge in [-0.05, 0) is 43.1 Å². The van der Waals surface area contributed by atoms with Crippen LogP contribution in [0.3, 0.4) is 0 Å². The zero-order valence-corrected chi connectivity index (χ0v) is 19.7. The molecule has 7 nitrogen and oxygen atoms in total. The van der Waals surface area contributed by atoms with E-state index in [9.17, 15) is 0 Å². The molecular weight excluding hydrogens is 404 g/mol. The van der Waals surface area contributed by atoms with Crippen LogP contribution in [0, 0.1) is 0 Å². The second kappa shape index (κ2) is 12.2. The molecule has 1 aliphatic rings. The van der Waals surface area contributed by atoms with Gasteiger partial charge in [0.2, 0.25) is 0 Å². The highest BCUT2D eigenvalue weighted by Gasteiger charge is 2.13. The fourth-order valence-corrected chi connectivity index (χ4v) is 3.95. The second-order valence-electron chi connectivity index (χ2n) is 7.95. The van der Waals surface area contributed by atoms with E-state index in [4.69, 9.17) is 14.2 Å². The molecule has 1 heterocycles. The minimum absolute atomic E-state index is 0.540. The molecule has 2 aromatic rings. The Balaban J connectivity index is 1.53. The summed E-state index contributed by atoms with van der Waals surface area (Å²) in [7, 11) is 6.65. The molecule has 2 N–H and O–H groups in total. The van der Waals surface area contributed by atoms with Gasteiger partial charge in [0.05, 0.1) is 21.3 Å². The van der Waals surface area contributed by atoms with Crippen LogP contribution in [-0.4, -0.2) is 52.3 Å². The number of nitrogens with zero attached hydrogens (tertiary/aromatic N) is 2. The first kappa shape index (κ1) is 23.7. The quantitative estimate of drug-likeness (QED) is 0.459. The van der Waals surface area contributed by atoms with Gasteiger partial charge < -0.3 is 24.8 Å². The lowest BCUT2D eigenvalue weighted by atomic mass is 10.1. The Morgan fingerprint density at radius 2 is 1.41 bits per heavy atom. The highest BCUT2D eigenvalue weighted by Crippen LogP contribution is 2.34. The number of hydrogen-bond donors (Lipinski definition) is 2. The minimum Gasteiger partial charge on any atom is -0.496 e. The third kappa shape index (κ3) is 6.53. The molecule has 1 fully saturated rings. The molecule has 0 aromatic heterocycles. The maximum Gasteiger partial charge on any atom is 0.191 e. The van der Waals surface area contributed by atoms with E-state index in [1.807, 2.05) is 12.1 Å². The van der Waals surface area contributed by atoms with E-state index >= 15 is 0 Å². The third-order valence-electron chi connectivity index (χ3n) is 5.79. The van der Waals surface area contributed by atoms with Crippen molar-refractivity contribution in [2.45, 2.75) is 38.9 Å². The summed E-state index contributed by atoms with van der Waals surface area (Å²) in [4.78, 5) is 6.88. The van der Waals surface area contributed by atoms with E-state index in [2.05, 4.69) is 44.8 Å². The number of benzene rings is 2. The lowest BCUT2D eigenvalue weighted by Gasteiger charge is -2.26. The molecule has 0 unspecified atom stereocenters. The van der Waals surface area contributed by atoms with Gasteiger partial charge in [-0.3, -0.25) is 9.89 Å². The molecule has 0 amide bonds. The molecule has 0 atom stereocenters. The second-order valence-corrected chi connectivity index (χ2v) is 7.95. The van der Waals surface area contributed by atoms with Crippen molar-refractivity contribution in [3.05, 3.63) is 53.1 Å². The predicted octanol–water partition coefficient (Wildman–Crippen LogP) is 3.56. The van der Waals surface area contributed by atoms with E-state index in [1.54, 1.807) is 28.4 Å². The number of ether oxygens (including phenoxy) is 3. The number of guanidine groups is 1. The average Bonchev–Trinajstić information content (AvgIpc) is 2.85. The van der Waals surface area contributed by atoms with E-state index in [0.29, 0.717) is 24.6 Å². The zero-order valence-electron chi connectivity index (χ0n) is 19.7. The normalized spacial score (nSPS) is 14.7. The number of piperidine rings is 1. The van der Waals surface area contributed by atoms with Crippen molar-refractivity contribution >= 4 is 5.96 Å². The average molecular weight is 441 g/mol. The Kier molecular flexibility index (Phi) is 9.04. The van der Waals surface area contributed by atoms with Gasteiger partial charge >= 0.3 is 0 Å². The van der Waals surface area contributed by atoms with Crippen molar-refractivity contribution in [1.29, 1.82) is 0 Å². The van der Waals surface area contributed by atoms with Crippen LogP contribution in [0.4, 0.5) is 0 Å².